The Morgan fingerprint density at radius 2 is 1.71 bits per heavy atom. The number of aliphatic imine (C=N–C) groups is 1. The van der Waals surface area contributed by atoms with Gasteiger partial charge in [0.2, 0.25) is 0 Å². The van der Waals surface area contributed by atoms with Gasteiger partial charge in [0.25, 0.3) is 0 Å². The molecule has 28 heavy (non-hydrogen) atoms. The van der Waals surface area contributed by atoms with E-state index in [1.165, 1.54) is 11.1 Å². The smallest absolute Gasteiger partial charge is 0.193 e. The number of rotatable bonds is 7. The SMILES string of the molecule is CCC(CS(=O)(=O)c1ccccc1)NC(=NC)N(C)Cc1ccccc1C.I. The highest BCUT2D eigenvalue weighted by Crippen LogP contribution is 2.13. The lowest BCUT2D eigenvalue weighted by Gasteiger charge is -2.27. The number of hydrogen-bond donors (Lipinski definition) is 1. The van der Waals surface area contributed by atoms with Crippen molar-refractivity contribution in [2.24, 2.45) is 4.99 Å². The fraction of sp³-hybridized carbons (Fsp3) is 0.381. The molecule has 1 N–H and O–H groups in total. The van der Waals surface area contributed by atoms with Gasteiger partial charge in [0, 0.05) is 26.7 Å². The lowest BCUT2D eigenvalue weighted by atomic mass is 10.1. The van der Waals surface area contributed by atoms with E-state index in [9.17, 15) is 8.42 Å². The third-order valence-corrected chi connectivity index (χ3v) is 6.42. The lowest BCUT2D eigenvalue weighted by Crippen LogP contribution is -2.46. The van der Waals surface area contributed by atoms with Crippen LogP contribution in [0.2, 0.25) is 0 Å². The Hall–Kier alpha value is -1.61. The number of hydrogen-bond acceptors (Lipinski definition) is 3. The number of benzene rings is 2. The molecule has 0 aliphatic heterocycles. The van der Waals surface area contributed by atoms with E-state index >= 15 is 0 Å². The van der Waals surface area contributed by atoms with E-state index in [0.29, 0.717) is 23.8 Å². The fourth-order valence-electron chi connectivity index (χ4n) is 2.90. The molecule has 0 spiro atoms. The Bertz CT molecular complexity index is 870. The lowest BCUT2D eigenvalue weighted by molar-refractivity contribution is 0.459. The fourth-order valence-corrected chi connectivity index (χ4v) is 4.51. The predicted octanol–water partition coefficient (Wildman–Crippen LogP) is 3.87. The van der Waals surface area contributed by atoms with Crippen molar-refractivity contribution in [1.82, 2.24) is 10.2 Å². The van der Waals surface area contributed by atoms with Crippen LogP contribution in [0.15, 0.2) is 64.5 Å². The van der Waals surface area contributed by atoms with Gasteiger partial charge in [-0.2, -0.15) is 0 Å². The van der Waals surface area contributed by atoms with Gasteiger partial charge in [-0.05, 0) is 36.6 Å². The highest BCUT2D eigenvalue weighted by molar-refractivity contribution is 14.0. The van der Waals surface area contributed by atoms with Crippen molar-refractivity contribution in [2.75, 3.05) is 19.8 Å². The second kappa shape index (κ2) is 11.4. The molecule has 0 bridgehead atoms. The summed E-state index contributed by atoms with van der Waals surface area (Å²) in [7, 11) is 0.323. The first-order chi connectivity index (χ1) is 12.9. The number of halogens is 1. The Balaban J connectivity index is 0.00000392. The van der Waals surface area contributed by atoms with E-state index in [-0.39, 0.29) is 35.8 Å². The minimum Gasteiger partial charge on any atom is -0.352 e. The molecule has 2 aromatic rings. The third-order valence-electron chi connectivity index (χ3n) is 4.59. The first kappa shape index (κ1) is 24.4. The summed E-state index contributed by atoms with van der Waals surface area (Å²) in [5.41, 5.74) is 2.44. The van der Waals surface area contributed by atoms with Crippen molar-refractivity contribution in [2.45, 2.75) is 37.8 Å². The molecule has 154 valence electrons. The van der Waals surface area contributed by atoms with Gasteiger partial charge in [-0.25, -0.2) is 8.42 Å². The number of aryl methyl sites for hydroxylation is 1. The number of guanidine groups is 1. The van der Waals surface area contributed by atoms with Gasteiger partial charge in [-0.1, -0.05) is 49.4 Å². The van der Waals surface area contributed by atoms with Crippen molar-refractivity contribution in [3.63, 3.8) is 0 Å². The highest BCUT2D eigenvalue weighted by Gasteiger charge is 2.22. The van der Waals surface area contributed by atoms with Gasteiger partial charge in [0.1, 0.15) is 0 Å². The average molecular weight is 515 g/mol. The third kappa shape index (κ3) is 6.77. The maximum atomic E-state index is 12.7. The van der Waals surface area contributed by atoms with Gasteiger partial charge in [0.15, 0.2) is 15.8 Å². The van der Waals surface area contributed by atoms with Crippen molar-refractivity contribution < 1.29 is 8.42 Å². The predicted molar refractivity (Wildman–Crippen MR) is 127 cm³/mol. The summed E-state index contributed by atoms with van der Waals surface area (Å²) in [6.45, 7) is 4.77. The van der Waals surface area contributed by atoms with Gasteiger partial charge >= 0.3 is 0 Å². The first-order valence-electron chi connectivity index (χ1n) is 9.14. The van der Waals surface area contributed by atoms with Gasteiger partial charge in [-0.3, -0.25) is 4.99 Å². The summed E-state index contributed by atoms with van der Waals surface area (Å²) in [5, 5.41) is 3.32. The standard InChI is InChI=1S/C21H29N3O2S.HI/c1-5-19(16-27(25,26)20-13-7-6-8-14-20)23-21(22-3)24(4)15-18-12-10-9-11-17(18)2;/h6-14,19H,5,15-16H2,1-4H3,(H,22,23);1H. The van der Waals surface area contributed by atoms with Gasteiger partial charge < -0.3 is 10.2 Å². The molecule has 0 saturated heterocycles. The first-order valence-corrected chi connectivity index (χ1v) is 10.8. The van der Waals surface area contributed by atoms with Crippen LogP contribution in [0.3, 0.4) is 0 Å². The van der Waals surface area contributed by atoms with E-state index < -0.39 is 9.84 Å². The molecule has 1 atom stereocenters. The van der Waals surface area contributed by atoms with Crippen LogP contribution in [0.4, 0.5) is 0 Å². The van der Waals surface area contributed by atoms with Crippen LogP contribution in [-0.4, -0.2) is 45.2 Å². The molecule has 1 unspecified atom stereocenters. The molecule has 0 radical (unpaired) electrons. The van der Waals surface area contributed by atoms with Crippen LogP contribution in [0.1, 0.15) is 24.5 Å². The minimum atomic E-state index is -3.35. The van der Waals surface area contributed by atoms with Crippen LogP contribution in [-0.2, 0) is 16.4 Å². The molecule has 0 aromatic heterocycles. The monoisotopic (exact) mass is 515 g/mol. The molecular formula is C21H30IN3O2S. The zero-order valence-corrected chi connectivity index (χ0v) is 20.1. The average Bonchev–Trinajstić information content (AvgIpc) is 2.67. The topological polar surface area (TPSA) is 61.8 Å². The van der Waals surface area contributed by atoms with Crippen LogP contribution in [0.5, 0.6) is 0 Å². The van der Waals surface area contributed by atoms with Crippen LogP contribution >= 0.6 is 24.0 Å². The molecule has 2 aromatic carbocycles. The summed E-state index contributed by atoms with van der Waals surface area (Å²) in [6.07, 6.45) is 0.684. The van der Waals surface area contributed by atoms with E-state index in [0.717, 1.165) is 0 Å². The maximum absolute atomic E-state index is 12.7. The zero-order chi connectivity index (χ0) is 19.9. The summed E-state index contributed by atoms with van der Waals surface area (Å²) in [5.74, 6) is 0.721. The number of sulfone groups is 1. The molecular weight excluding hydrogens is 485 g/mol. The summed E-state index contributed by atoms with van der Waals surface area (Å²) in [6, 6.07) is 16.6. The molecule has 0 aliphatic carbocycles. The van der Waals surface area contributed by atoms with Crippen LogP contribution < -0.4 is 5.32 Å². The number of nitrogens with one attached hydrogen (secondary N) is 1. The second-order valence-electron chi connectivity index (χ2n) is 6.67. The molecule has 0 amide bonds. The largest absolute Gasteiger partial charge is 0.352 e. The molecule has 0 aliphatic rings. The van der Waals surface area contributed by atoms with E-state index in [1.54, 1.807) is 31.3 Å². The molecule has 5 nitrogen and oxygen atoms in total. The summed E-state index contributed by atoms with van der Waals surface area (Å²) >= 11 is 0. The molecule has 0 saturated carbocycles. The van der Waals surface area contributed by atoms with Crippen molar-refractivity contribution in [3.8, 4) is 0 Å². The van der Waals surface area contributed by atoms with Crippen molar-refractivity contribution in [1.29, 1.82) is 0 Å². The Morgan fingerprint density at radius 1 is 1.11 bits per heavy atom. The summed E-state index contributed by atoms with van der Waals surface area (Å²) in [4.78, 5) is 6.71. The number of nitrogens with zero attached hydrogens (tertiary/aromatic N) is 2. The van der Waals surface area contributed by atoms with E-state index in [2.05, 4.69) is 29.4 Å². The Labute approximate surface area is 186 Å². The molecule has 7 heteroatoms. The van der Waals surface area contributed by atoms with Crippen molar-refractivity contribution >= 4 is 39.8 Å². The van der Waals surface area contributed by atoms with E-state index in [1.807, 2.05) is 37.1 Å². The molecule has 0 heterocycles. The highest BCUT2D eigenvalue weighted by atomic mass is 127. The van der Waals surface area contributed by atoms with E-state index in [4.69, 9.17) is 0 Å². The van der Waals surface area contributed by atoms with Crippen LogP contribution in [0, 0.1) is 6.92 Å². The Morgan fingerprint density at radius 3 is 2.29 bits per heavy atom. The second-order valence-corrected chi connectivity index (χ2v) is 8.71. The maximum Gasteiger partial charge on any atom is 0.193 e. The van der Waals surface area contributed by atoms with Crippen molar-refractivity contribution in [3.05, 3.63) is 65.7 Å². The van der Waals surface area contributed by atoms with Crippen LogP contribution in [0.25, 0.3) is 0 Å². The Kier molecular flexibility index (Phi) is 9.95. The minimum absolute atomic E-state index is 0. The zero-order valence-electron chi connectivity index (χ0n) is 16.9. The van der Waals surface area contributed by atoms with Gasteiger partial charge in [-0.15, -0.1) is 24.0 Å². The molecule has 0 fully saturated rings. The van der Waals surface area contributed by atoms with Gasteiger partial charge in [0.05, 0.1) is 10.6 Å². The summed E-state index contributed by atoms with van der Waals surface area (Å²) < 4.78 is 25.4. The molecule has 2 rings (SSSR count). The normalized spacial score (nSPS) is 12.8. The quantitative estimate of drug-likeness (QED) is 0.346.